The molecule has 1 fully saturated rings. The fourth-order valence-corrected chi connectivity index (χ4v) is 5.73. The highest BCUT2D eigenvalue weighted by Crippen LogP contribution is 2.32. The summed E-state index contributed by atoms with van der Waals surface area (Å²) in [6.07, 6.45) is -2.02. The predicted octanol–water partition coefficient (Wildman–Crippen LogP) is 8.10. The van der Waals surface area contributed by atoms with Crippen molar-refractivity contribution in [2.24, 2.45) is 0 Å². The molecule has 1 aliphatic heterocycles. The molecular weight excluding hydrogens is 586 g/mol. The van der Waals surface area contributed by atoms with E-state index in [-0.39, 0.29) is 0 Å². The zero-order chi connectivity index (χ0) is 32.1. The van der Waals surface area contributed by atoms with E-state index in [4.69, 9.17) is 23.7 Å². The summed E-state index contributed by atoms with van der Waals surface area (Å²) in [6.45, 7) is 4.05. The maximum Gasteiger partial charge on any atom is 0.181 e. The average Bonchev–Trinajstić information content (AvgIpc) is 3.12. The van der Waals surface area contributed by atoms with E-state index in [1.54, 1.807) is 0 Å². The van der Waals surface area contributed by atoms with Crippen LogP contribution < -0.4 is 5.32 Å². The molecule has 0 unspecified atom stereocenters. The van der Waals surface area contributed by atoms with Gasteiger partial charge < -0.3 is 29.0 Å². The normalized spacial score (nSPS) is 20.9. The van der Waals surface area contributed by atoms with Gasteiger partial charge in [0.15, 0.2) is 6.29 Å². The lowest BCUT2D eigenvalue weighted by Gasteiger charge is -2.46. The second kappa shape index (κ2) is 17.0. The number of hydrogen-bond acceptors (Lipinski definition) is 6. The first kappa shape index (κ1) is 32.6. The van der Waals surface area contributed by atoms with Crippen LogP contribution in [0.4, 0.5) is 5.69 Å². The lowest BCUT2D eigenvalue weighted by atomic mass is 9.95. The fourth-order valence-electron chi connectivity index (χ4n) is 5.73. The minimum Gasteiger partial charge on any atom is -0.375 e. The van der Waals surface area contributed by atoms with E-state index in [9.17, 15) is 0 Å². The van der Waals surface area contributed by atoms with Gasteiger partial charge >= 0.3 is 0 Å². The van der Waals surface area contributed by atoms with Gasteiger partial charge in [0.05, 0.1) is 33.0 Å². The smallest absolute Gasteiger partial charge is 0.181 e. The Morgan fingerprint density at radius 1 is 0.511 bits per heavy atom. The third-order valence-electron chi connectivity index (χ3n) is 8.25. The first-order valence-corrected chi connectivity index (χ1v) is 16.3. The molecule has 0 aromatic heterocycles. The number of anilines is 1. The van der Waals surface area contributed by atoms with Crippen molar-refractivity contribution in [1.29, 1.82) is 0 Å². The number of nitrogens with one attached hydrogen (secondary N) is 1. The van der Waals surface area contributed by atoms with Crippen LogP contribution in [0.1, 0.15) is 27.8 Å². The largest absolute Gasteiger partial charge is 0.375 e. The average molecular weight is 630 g/mol. The molecule has 0 aliphatic carbocycles. The number of benzene rings is 5. The predicted molar refractivity (Wildman–Crippen MR) is 185 cm³/mol. The maximum atomic E-state index is 6.85. The van der Waals surface area contributed by atoms with E-state index in [2.05, 4.69) is 85.0 Å². The van der Waals surface area contributed by atoms with Gasteiger partial charge in [-0.3, -0.25) is 0 Å². The lowest BCUT2D eigenvalue weighted by Crippen LogP contribution is -2.63. The van der Waals surface area contributed by atoms with E-state index in [0.717, 1.165) is 27.9 Å². The van der Waals surface area contributed by atoms with Gasteiger partial charge in [-0.1, -0.05) is 139 Å². The topological polar surface area (TPSA) is 58.2 Å². The summed E-state index contributed by atoms with van der Waals surface area (Å²) < 4.78 is 33.3. The first-order valence-electron chi connectivity index (χ1n) is 16.3. The molecule has 5 aromatic carbocycles. The van der Waals surface area contributed by atoms with Gasteiger partial charge in [-0.05, 0) is 41.3 Å². The molecule has 0 saturated carbocycles. The van der Waals surface area contributed by atoms with Crippen LogP contribution in [0.25, 0.3) is 0 Å². The number of ether oxygens (including phenoxy) is 5. The maximum absolute atomic E-state index is 6.85. The second-order valence-corrected chi connectivity index (χ2v) is 11.9. The molecule has 0 radical (unpaired) electrons. The summed E-state index contributed by atoms with van der Waals surface area (Å²) in [5, 5.41) is 3.72. The van der Waals surface area contributed by atoms with E-state index in [1.807, 2.05) is 72.8 Å². The Labute approximate surface area is 278 Å². The van der Waals surface area contributed by atoms with Crippen LogP contribution in [-0.2, 0) is 50.1 Å². The highest BCUT2D eigenvalue weighted by atomic mass is 16.7. The Balaban J connectivity index is 1.32. The fraction of sp³-hybridized carbons (Fsp3) is 0.268. The third-order valence-corrected chi connectivity index (χ3v) is 8.25. The van der Waals surface area contributed by atoms with Crippen molar-refractivity contribution in [2.75, 3.05) is 11.9 Å². The van der Waals surface area contributed by atoms with Crippen LogP contribution in [0.15, 0.2) is 146 Å². The Bertz CT molecular complexity index is 1590. The lowest BCUT2D eigenvalue weighted by molar-refractivity contribution is -0.286. The van der Waals surface area contributed by atoms with Crippen molar-refractivity contribution in [3.8, 4) is 0 Å². The molecule has 6 heteroatoms. The summed E-state index contributed by atoms with van der Waals surface area (Å²) in [6, 6.07) is 48.7. The van der Waals surface area contributed by atoms with Gasteiger partial charge in [0.2, 0.25) is 0 Å². The summed E-state index contributed by atoms with van der Waals surface area (Å²) in [5.74, 6) is 0. The minimum absolute atomic E-state index is 0.308. The van der Waals surface area contributed by atoms with Gasteiger partial charge in [0.25, 0.3) is 0 Å². The zero-order valence-electron chi connectivity index (χ0n) is 26.8. The Morgan fingerprint density at radius 3 is 1.47 bits per heavy atom. The van der Waals surface area contributed by atoms with Gasteiger partial charge in [0.1, 0.15) is 24.4 Å². The molecule has 47 heavy (non-hydrogen) atoms. The molecule has 1 N–H and O–H groups in total. The van der Waals surface area contributed by atoms with Crippen LogP contribution in [-0.4, -0.2) is 37.3 Å². The van der Waals surface area contributed by atoms with Crippen molar-refractivity contribution in [2.45, 2.75) is 64.0 Å². The van der Waals surface area contributed by atoms with E-state index in [1.165, 1.54) is 5.56 Å². The van der Waals surface area contributed by atoms with Gasteiger partial charge in [-0.25, -0.2) is 0 Å². The van der Waals surface area contributed by atoms with E-state index < -0.39 is 30.6 Å². The highest BCUT2D eigenvalue weighted by molar-refractivity contribution is 5.46. The van der Waals surface area contributed by atoms with Crippen LogP contribution >= 0.6 is 0 Å². The van der Waals surface area contributed by atoms with Gasteiger partial charge in [0, 0.05) is 5.69 Å². The van der Waals surface area contributed by atoms with Crippen LogP contribution in [0, 0.1) is 6.92 Å². The summed E-state index contributed by atoms with van der Waals surface area (Å²) in [5.41, 5.74) is 6.44. The molecule has 1 heterocycles. The van der Waals surface area contributed by atoms with Crippen molar-refractivity contribution < 1.29 is 23.7 Å². The summed E-state index contributed by atoms with van der Waals surface area (Å²) in [7, 11) is 0. The highest BCUT2D eigenvalue weighted by Gasteiger charge is 2.48. The summed E-state index contributed by atoms with van der Waals surface area (Å²) >= 11 is 0. The Hall–Kier alpha value is -4.30. The van der Waals surface area contributed by atoms with Crippen LogP contribution in [0.5, 0.6) is 0 Å². The Kier molecular flexibility index (Phi) is 11.8. The van der Waals surface area contributed by atoms with Crippen LogP contribution in [0.3, 0.4) is 0 Å². The monoisotopic (exact) mass is 629 g/mol. The third kappa shape index (κ3) is 9.61. The van der Waals surface area contributed by atoms with Crippen molar-refractivity contribution in [1.82, 2.24) is 0 Å². The zero-order valence-corrected chi connectivity index (χ0v) is 26.8. The van der Waals surface area contributed by atoms with Crippen molar-refractivity contribution in [3.63, 3.8) is 0 Å². The van der Waals surface area contributed by atoms with Crippen molar-refractivity contribution in [3.05, 3.63) is 173 Å². The van der Waals surface area contributed by atoms with Crippen molar-refractivity contribution >= 4 is 5.69 Å². The molecule has 1 aliphatic rings. The first-order chi connectivity index (χ1) is 23.2. The number of hydrogen-bond donors (Lipinski definition) is 1. The molecule has 0 spiro atoms. The Morgan fingerprint density at radius 2 is 0.957 bits per heavy atom. The molecule has 6 nitrogen and oxygen atoms in total. The SMILES string of the molecule is Cc1ccc(N[C@H]2[C@H](OCc3ccccc3)O[C@H](COCc3ccccc3)[C@@H](OCc3ccccc3)[C@@H]2OCc2ccccc2)cc1. The standard InChI is InChI=1S/C41H43NO5/c1-31-22-24-36(25-23-31)42-38-40(45-28-34-18-10-4-11-19-34)39(44-27-33-16-8-3-9-17-33)37(30-43-26-32-14-6-2-7-15-32)47-41(38)46-29-35-20-12-5-13-21-35/h2-25,37-42H,26-30H2,1H3/t37-,38-,39-,40-,41-/m1/s1. The molecular formula is C41H43NO5. The minimum atomic E-state index is -0.654. The molecule has 0 bridgehead atoms. The summed E-state index contributed by atoms with van der Waals surface area (Å²) in [4.78, 5) is 0. The molecule has 0 amide bonds. The quantitative estimate of drug-likeness (QED) is 0.126. The van der Waals surface area contributed by atoms with Gasteiger partial charge in [-0.15, -0.1) is 0 Å². The van der Waals surface area contributed by atoms with Gasteiger partial charge in [-0.2, -0.15) is 0 Å². The number of rotatable bonds is 15. The van der Waals surface area contributed by atoms with E-state index >= 15 is 0 Å². The number of aryl methyl sites for hydroxylation is 1. The molecule has 5 aromatic rings. The van der Waals surface area contributed by atoms with Crippen LogP contribution in [0.2, 0.25) is 0 Å². The molecule has 242 valence electrons. The second-order valence-electron chi connectivity index (χ2n) is 11.9. The van der Waals surface area contributed by atoms with E-state index in [0.29, 0.717) is 33.0 Å². The molecule has 6 rings (SSSR count). The molecule has 1 saturated heterocycles. The molecule has 5 atom stereocenters.